The number of carbonyl (C=O) groups is 1. The minimum Gasteiger partial charge on any atom is -0.342 e. The van der Waals surface area contributed by atoms with Crippen LogP contribution in [0.15, 0.2) is 53.0 Å². The van der Waals surface area contributed by atoms with Crippen LogP contribution >= 0.6 is 15.9 Å². The molecular formula is C28H37BrN4O. The summed E-state index contributed by atoms with van der Waals surface area (Å²) in [5.74, 6) is 1.60. The highest BCUT2D eigenvalue weighted by molar-refractivity contribution is 9.10. The third-order valence-electron chi connectivity index (χ3n) is 6.89. The molecule has 4 rings (SSSR count). The number of hydrogen-bond donors (Lipinski definition) is 0. The van der Waals surface area contributed by atoms with Crippen LogP contribution in [-0.4, -0.2) is 51.4 Å². The number of amides is 1. The van der Waals surface area contributed by atoms with E-state index in [1.54, 1.807) is 0 Å². The molecule has 0 atom stereocenters. The topological polar surface area (TPSA) is 41.4 Å². The molecule has 2 aromatic carbocycles. The van der Waals surface area contributed by atoms with Gasteiger partial charge in [-0.05, 0) is 75.2 Å². The predicted molar refractivity (Wildman–Crippen MR) is 143 cm³/mol. The summed E-state index contributed by atoms with van der Waals surface area (Å²) in [5.41, 5.74) is 3.28. The van der Waals surface area contributed by atoms with Crippen LogP contribution in [0.5, 0.6) is 0 Å². The number of carbonyl (C=O) groups excluding carboxylic acids is 1. The van der Waals surface area contributed by atoms with Gasteiger partial charge in [-0.1, -0.05) is 54.8 Å². The molecule has 0 radical (unpaired) electrons. The van der Waals surface area contributed by atoms with Crippen LogP contribution in [0.25, 0.3) is 16.7 Å². The monoisotopic (exact) mass is 524 g/mol. The summed E-state index contributed by atoms with van der Waals surface area (Å²) in [7, 11) is 0. The largest absolute Gasteiger partial charge is 0.342 e. The van der Waals surface area contributed by atoms with E-state index in [-0.39, 0.29) is 5.92 Å². The van der Waals surface area contributed by atoms with Crippen molar-refractivity contribution in [1.29, 1.82) is 0 Å². The van der Waals surface area contributed by atoms with E-state index in [4.69, 9.17) is 4.98 Å². The molecule has 5 nitrogen and oxygen atoms in total. The van der Waals surface area contributed by atoms with Crippen molar-refractivity contribution in [2.75, 3.05) is 26.2 Å². The average Bonchev–Trinajstić information content (AvgIpc) is 3.22. The minimum absolute atomic E-state index is 0.162. The summed E-state index contributed by atoms with van der Waals surface area (Å²) in [6.45, 7) is 8.89. The molecule has 1 aliphatic heterocycles. The number of likely N-dealkylation sites (tertiary alicyclic amines) is 1. The lowest BCUT2D eigenvalue weighted by Crippen LogP contribution is -2.43. The summed E-state index contributed by atoms with van der Waals surface area (Å²) in [6.07, 6.45) is 6.33. The van der Waals surface area contributed by atoms with Gasteiger partial charge in [0.25, 0.3) is 0 Å². The Kier molecular flexibility index (Phi) is 8.79. The second-order valence-corrected chi connectivity index (χ2v) is 10.3. The van der Waals surface area contributed by atoms with Crippen LogP contribution in [-0.2, 0) is 11.3 Å². The van der Waals surface area contributed by atoms with Crippen LogP contribution in [0.2, 0.25) is 0 Å². The number of para-hydroxylation sites is 2. The molecule has 0 aliphatic carbocycles. The van der Waals surface area contributed by atoms with Crippen molar-refractivity contribution in [1.82, 2.24) is 19.4 Å². The maximum atomic E-state index is 13.2. The maximum Gasteiger partial charge on any atom is 0.225 e. The molecule has 1 fully saturated rings. The highest BCUT2D eigenvalue weighted by Gasteiger charge is 2.29. The van der Waals surface area contributed by atoms with E-state index in [0.29, 0.717) is 5.91 Å². The van der Waals surface area contributed by atoms with Gasteiger partial charge in [0.2, 0.25) is 5.91 Å². The van der Waals surface area contributed by atoms with E-state index in [2.05, 4.69) is 86.6 Å². The van der Waals surface area contributed by atoms with Crippen molar-refractivity contribution in [3.05, 3.63) is 58.8 Å². The Morgan fingerprint density at radius 1 is 1.00 bits per heavy atom. The van der Waals surface area contributed by atoms with Crippen molar-refractivity contribution < 1.29 is 4.79 Å². The second-order valence-electron chi connectivity index (χ2n) is 9.41. The van der Waals surface area contributed by atoms with Gasteiger partial charge in [-0.3, -0.25) is 14.3 Å². The predicted octanol–water partition coefficient (Wildman–Crippen LogP) is 6.43. The molecule has 0 spiro atoms. The molecule has 0 bridgehead atoms. The fraction of sp³-hybridized carbons (Fsp3) is 0.500. The first-order valence-electron chi connectivity index (χ1n) is 12.8. The van der Waals surface area contributed by atoms with Gasteiger partial charge in [-0.15, -0.1) is 0 Å². The molecule has 1 aliphatic rings. The van der Waals surface area contributed by atoms with Gasteiger partial charge in [-0.25, -0.2) is 4.98 Å². The molecule has 0 saturated carbocycles. The fourth-order valence-corrected chi connectivity index (χ4v) is 5.15. The van der Waals surface area contributed by atoms with Crippen LogP contribution in [0.1, 0.15) is 58.2 Å². The number of nitrogens with zero attached hydrogens (tertiary/aromatic N) is 4. The first-order chi connectivity index (χ1) is 16.6. The van der Waals surface area contributed by atoms with Gasteiger partial charge in [0.05, 0.1) is 17.6 Å². The summed E-state index contributed by atoms with van der Waals surface area (Å²) in [5, 5.41) is 0. The molecule has 1 aromatic heterocycles. The molecule has 6 heteroatoms. The van der Waals surface area contributed by atoms with E-state index in [0.717, 1.165) is 98.3 Å². The quantitative estimate of drug-likeness (QED) is 0.306. The molecule has 0 unspecified atom stereocenters. The van der Waals surface area contributed by atoms with Crippen LogP contribution in [0.4, 0.5) is 0 Å². The Morgan fingerprint density at radius 3 is 2.29 bits per heavy atom. The zero-order valence-electron chi connectivity index (χ0n) is 20.5. The van der Waals surface area contributed by atoms with Crippen molar-refractivity contribution in [3.63, 3.8) is 0 Å². The Bertz CT molecular complexity index is 1060. The fourth-order valence-electron chi connectivity index (χ4n) is 4.89. The van der Waals surface area contributed by atoms with E-state index in [1.165, 1.54) is 0 Å². The van der Waals surface area contributed by atoms with Gasteiger partial charge in [0, 0.05) is 29.2 Å². The maximum absolute atomic E-state index is 13.2. The molecule has 34 heavy (non-hydrogen) atoms. The van der Waals surface area contributed by atoms with Crippen molar-refractivity contribution in [2.24, 2.45) is 5.92 Å². The zero-order valence-corrected chi connectivity index (χ0v) is 22.1. The summed E-state index contributed by atoms with van der Waals surface area (Å²) >= 11 is 3.55. The van der Waals surface area contributed by atoms with Crippen molar-refractivity contribution in [3.8, 4) is 5.69 Å². The first kappa shape index (κ1) is 24.9. The number of hydrogen-bond acceptors (Lipinski definition) is 3. The third-order valence-corrected chi connectivity index (χ3v) is 7.42. The molecule has 1 amide bonds. The summed E-state index contributed by atoms with van der Waals surface area (Å²) < 4.78 is 3.34. The van der Waals surface area contributed by atoms with Gasteiger partial charge in [0.1, 0.15) is 5.82 Å². The Labute approximate surface area is 212 Å². The minimum atomic E-state index is 0.162. The Morgan fingerprint density at radius 2 is 1.65 bits per heavy atom. The smallest absolute Gasteiger partial charge is 0.225 e. The number of halogens is 1. The van der Waals surface area contributed by atoms with Gasteiger partial charge >= 0.3 is 0 Å². The van der Waals surface area contributed by atoms with Crippen molar-refractivity contribution >= 4 is 32.9 Å². The van der Waals surface area contributed by atoms with E-state index in [1.807, 2.05) is 6.07 Å². The van der Waals surface area contributed by atoms with E-state index < -0.39 is 0 Å². The number of piperidine rings is 1. The third kappa shape index (κ3) is 5.89. The summed E-state index contributed by atoms with van der Waals surface area (Å²) in [6, 6.07) is 16.8. The lowest BCUT2D eigenvalue weighted by atomic mass is 9.95. The van der Waals surface area contributed by atoms with Crippen LogP contribution in [0.3, 0.4) is 0 Å². The number of rotatable bonds is 10. The van der Waals surface area contributed by atoms with Gasteiger partial charge in [-0.2, -0.15) is 0 Å². The van der Waals surface area contributed by atoms with E-state index >= 15 is 0 Å². The highest BCUT2D eigenvalue weighted by Crippen LogP contribution is 2.26. The highest BCUT2D eigenvalue weighted by atomic mass is 79.9. The SMILES string of the molecule is CCCCN(CCCC)C(=O)C1CCN(Cc2nc3ccccc3n2-c2ccc(Br)cc2)CC1. The molecule has 182 valence electrons. The normalized spacial score (nSPS) is 15.1. The van der Waals surface area contributed by atoms with Crippen molar-refractivity contribution in [2.45, 2.75) is 58.9 Å². The van der Waals surface area contributed by atoms with Gasteiger partial charge < -0.3 is 4.90 Å². The Hall–Kier alpha value is -2.18. The molecule has 2 heterocycles. The molecule has 1 saturated heterocycles. The number of unbranched alkanes of at least 4 members (excludes halogenated alkanes) is 2. The van der Waals surface area contributed by atoms with Crippen LogP contribution in [0, 0.1) is 5.92 Å². The van der Waals surface area contributed by atoms with Gasteiger partial charge in [0.15, 0.2) is 0 Å². The Balaban J connectivity index is 1.45. The number of fused-ring (bicyclic) bond motifs is 1. The molecule has 0 N–H and O–H groups in total. The zero-order chi connectivity index (χ0) is 23.9. The van der Waals surface area contributed by atoms with Crippen LogP contribution < -0.4 is 0 Å². The first-order valence-corrected chi connectivity index (χ1v) is 13.6. The lowest BCUT2D eigenvalue weighted by molar-refractivity contribution is -0.137. The number of benzene rings is 2. The standard InChI is InChI=1S/C28H37BrN4O/c1-3-5-17-32(18-6-4-2)28(34)22-15-19-31(20-16-22)21-27-30-25-9-7-8-10-26(25)33(27)24-13-11-23(29)12-14-24/h7-14,22H,3-6,15-21H2,1-2H3. The lowest BCUT2D eigenvalue weighted by Gasteiger charge is -2.34. The van der Waals surface area contributed by atoms with E-state index in [9.17, 15) is 4.79 Å². The second kappa shape index (κ2) is 12.0. The molecular weight excluding hydrogens is 488 g/mol. The molecule has 3 aromatic rings. The summed E-state index contributed by atoms with van der Waals surface area (Å²) in [4.78, 5) is 22.8. The number of imidazole rings is 1. The number of aromatic nitrogens is 2. The average molecular weight is 526 g/mol.